The van der Waals surface area contributed by atoms with E-state index in [1.165, 1.54) is 17.3 Å². The van der Waals surface area contributed by atoms with Crippen LogP contribution < -0.4 is 0 Å². The van der Waals surface area contributed by atoms with Gasteiger partial charge in [0.1, 0.15) is 0 Å². The van der Waals surface area contributed by atoms with Crippen molar-refractivity contribution < 1.29 is 4.79 Å². The zero-order valence-corrected chi connectivity index (χ0v) is 11.2. The van der Waals surface area contributed by atoms with Gasteiger partial charge in [-0.2, -0.15) is 5.10 Å². The number of aryl methyl sites for hydroxylation is 1. The van der Waals surface area contributed by atoms with Gasteiger partial charge in [0, 0.05) is 31.0 Å². The fourth-order valence-electron chi connectivity index (χ4n) is 1.71. The van der Waals surface area contributed by atoms with Gasteiger partial charge in [-0.3, -0.25) is 9.48 Å². The van der Waals surface area contributed by atoms with Crippen LogP contribution in [0, 0.1) is 0 Å². The zero-order valence-electron chi connectivity index (χ0n) is 10.4. The third kappa shape index (κ3) is 3.74. The first-order valence-electron chi connectivity index (χ1n) is 5.97. The lowest BCUT2D eigenvalue weighted by atomic mass is 10.1. The van der Waals surface area contributed by atoms with Gasteiger partial charge in [0.2, 0.25) is 0 Å². The normalized spacial score (nSPS) is 10.5. The van der Waals surface area contributed by atoms with Gasteiger partial charge >= 0.3 is 0 Å². The molecule has 0 aliphatic heterocycles. The number of carbonyl (C=O) groups excluding carboxylic acids is 1. The molecule has 0 N–H and O–H groups in total. The first kappa shape index (κ1) is 12.9. The van der Waals surface area contributed by atoms with Gasteiger partial charge in [0.25, 0.3) is 0 Å². The minimum atomic E-state index is 0.181. The van der Waals surface area contributed by atoms with E-state index in [2.05, 4.69) is 17.2 Å². The van der Waals surface area contributed by atoms with Gasteiger partial charge in [0.05, 0.1) is 6.20 Å². The second kappa shape index (κ2) is 6.40. The number of benzene rings is 1. The van der Waals surface area contributed by atoms with Crippen LogP contribution in [0.15, 0.2) is 42.7 Å². The molecule has 0 bridgehead atoms. The van der Waals surface area contributed by atoms with Gasteiger partial charge in [-0.25, -0.2) is 0 Å². The van der Waals surface area contributed by atoms with Crippen LogP contribution in [-0.4, -0.2) is 20.6 Å². The van der Waals surface area contributed by atoms with Crippen molar-refractivity contribution in [3.8, 4) is 11.1 Å². The van der Waals surface area contributed by atoms with Crippen LogP contribution >= 0.6 is 11.8 Å². The highest BCUT2D eigenvalue weighted by Gasteiger charge is 2.01. The van der Waals surface area contributed by atoms with Crippen molar-refractivity contribution in [1.29, 1.82) is 0 Å². The molecule has 0 spiro atoms. The van der Waals surface area contributed by atoms with Gasteiger partial charge in [0.15, 0.2) is 5.12 Å². The Morgan fingerprint density at radius 1 is 1.28 bits per heavy atom. The molecule has 0 saturated heterocycles. The molecule has 1 heterocycles. The Kier molecular flexibility index (Phi) is 4.59. The molecule has 0 unspecified atom stereocenters. The van der Waals surface area contributed by atoms with Crippen LogP contribution in [-0.2, 0) is 11.3 Å². The van der Waals surface area contributed by atoms with Crippen LogP contribution in [0.5, 0.6) is 0 Å². The lowest BCUT2D eigenvalue weighted by Gasteiger charge is -2.00. The number of hydrogen-bond acceptors (Lipinski definition) is 3. The summed E-state index contributed by atoms with van der Waals surface area (Å²) >= 11 is 1.37. The Hall–Kier alpha value is -1.55. The highest BCUT2D eigenvalue weighted by Crippen LogP contribution is 2.17. The number of aromatic nitrogens is 2. The second-order valence-corrected chi connectivity index (χ2v) is 5.32. The zero-order chi connectivity index (χ0) is 12.8. The van der Waals surface area contributed by atoms with Crippen molar-refractivity contribution >= 4 is 16.9 Å². The summed E-state index contributed by atoms with van der Waals surface area (Å²) in [7, 11) is 0. The molecule has 0 amide bonds. The molecule has 4 heteroatoms. The summed E-state index contributed by atoms with van der Waals surface area (Å²) in [5, 5.41) is 4.51. The summed E-state index contributed by atoms with van der Waals surface area (Å²) in [5.41, 5.74) is 2.32. The van der Waals surface area contributed by atoms with Crippen LogP contribution in [0.4, 0.5) is 0 Å². The number of hydrogen-bond donors (Lipinski definition) is 0. The van der Waals surface area contributed by atoms with Gasteiger partial charge < -0.3 is 0 Å². The summed E-state index contributed by atoms with van der Waals surface area (Å²) in [6, 6.07) is 10.2. The number of rotatable bonds is 5. The van der Waals surface area contributed by atoms with E-state index >= 15 is 0 Å². The van der Waals surface area contributed by atoms with Gasteiger partial charge in [-0.1, -0.05) is 42.1 Å². The third-order valence-corrected chi connectivity index (χ3v) is 3.48. The average Bonchev–Trinajstić information content (AvgIpc) is 2.84. The van der Waals surface area contributed by atoms with E-state index in [1.54, 1.807) is 6.92 Å². The SMILES string of the molecule is CC(=O)SCCCn1cc(-c2ccccc2)cn1. The maximum absolute atomic E-state index is 10.8. The van der Waals surface area contributed by atoms with E-state index in [-0.39, 0.29) is 5.12 Å². The summed E-state index contributed by atoms with van der Waals surface area (Å²) in [5.74, 6) is 0.857. The Balaban J connectivity index is 1.89. The van der Waals surface area contributed by atoms with Gasteiger partial charge in [-0.05, 0) is 12.0 Å². The monoisotopic (exact) mass is 260 g/mol. The quantitative estimate of drug-likeness (QED) is 0.774. The van der Waals surface area contributed by atoms with E-state index < -0.39 is 0 Å². The largest absolute Gasteiger partial charge is 0.288 e. The third-order valence-electron chi connectivity index (χ3n) is 2.58. The fourth-order valence-corrected chi connectivity index (χ4v) is 2.27. The van der Waals surface area contributed by atoms with Crippen molar-refractivity contribution in [1.82, 2.24) is 9.78 Å². The van der Waals surface area contributed by atoms with Crippen LogP contribution in [0.2, 0.25) is 0 Å². The number of carbonyl (C=O) groups is 1. The topological polar surface area (TPSA) is 34.9 Å². The summed E-state index contributed by atoms with van der Waals surface area (Å²) in [4.78, 5) is 10.8. The lowest BCUT2D eigenvalue weighted by molar-refractivity contribution is -0.109. The maximum Gasteiger partial charge on any atom is 0.185 e. The van der Waals surface area contributed by atoms with E-state index in [4.69, 9.17) is 0 Å². The Bertz CT molecular complexity index is 508. The molecule has 0 radical (unpaired) electrons. The fraction of sp³-hybridized carbons (Fsp3) is 0.286. The smallest absolute Gasteiger partial charge is 0.185 e. The number of thioether (sulfide) groups is 1. The minimum absolute atomic E-state index is 0.181. The molecule has 1 aromatic carbocycles. The molecule has 94 valence electrons. The summed E-state index contributed by atoms with van der Waals surface area (Å²) in [6.07, 6.45) is 4.89. The van der Waals surface area contributed by atoms with Crippen molar-refractivity contribution in [3.63, 3.8) is 0 Å². The van der Waals surface area contributed by atoms with Crippen molar-refractivity contribution in [2.75, 3.05) is 5.75 Å². The molecule has 0 saturated carbocycles. The average molecular weight is 260 g/mol. The molecule has 0 atom stereocenters. The molecule has 0 aliphatic carbocycles. The molecule has 0 aliphatic rings. The maximum atomic E-state index is 10.8. The van der Waals surface area contributed by atoms with Crippen molar-refractivity contribution in [2.24, 2.45) is 0 Å². The first-order chi connectivity index (χ1) is 8.75. The molecule has 0 fully saturated rings. The Morgan fingerprint density at radius 2 is 2.06 bits per heavy atom. The Labute approximate surface area is 111 Å². The van der Waals surface area contributed by atoms with Crippen LogP contribution in [0.3, 0.4) is 0 Å². The second-order valence-electron chi connectivity index (χ2n) is 4.05. The van der Waals surface area contributed by atoms with Crippen LogP contribution in [0.1, 0.15) is 13.3 Å². The highest BCUT2D eigenvalue weighted by atomic mass is 32.2. The van der Waals surface area contributed by atoms with E-state index in [1.807, 2.05) is 35.3 Å². The van der Waals surface area contributed by atoms with E-state index in [0.29, 0.717) is 0 Å². The molecule has 18 heavy (non-hydrogen) atoms. The molecular formula is C14H16N2OS. The Morgan fingerprint density at radius 3 is 2.78 bits per heavy atom. The minimum Gasteiger partial charge on any atom is -0.288 e. The van der Waals surface area contributed by atoms with E-state index in [9.17, 15) is 4.79 Å². The predicted octanol–water partition coefficient (Wildman–Crippen LogP) is 3.22. The van der Waals surface area contributed by atoms with Crippen LogP contribution in [0.25, 0.3) is 11.1 Å². The molecule has 2 rings (SSSR count). The summed E-state index contributed by atoms with van der Waals surface area (Å²) in [6.45, 7) is 2.46. The first-order valence-corrected chi connectivity index (χ1v) is 6.95. The predicted molar refractivity (Wildman–Crippen MR) is 75.4 cm³/mol. The number of nitrogens with zero attached hydrogens (tertiary/aromatic N) is 2. The van der Waals surface area contributed by atoms with Crippen molar-refractivity contribution in [2.45, 2.75) is 19.9 Å². The molecular weight excluding hydrogens is 244 g/mol. The highest BCUT2D eigenvalue weighted by molar-refractivity contribution is 8.13. The standard InChI is InChI=1S/C14H16N2OS/c1-12(17)18-9-5-8-16-11-14(10-15-16)13-6-3-2-4-7-13/h2-4,6-7,10-11H,5,8-9H2,1H3. The molecule has 2 aromatic rings. The van der Waals surface area contributed by atoms with Gasteiger partial charge in [-0.15, -0.1) is 0 Å². The molecule has 3 nitrogen and oxygen atoms in total. The molecule has 1 aromatic heterocycles. The lowest BCUT2D eigenvalue weighted by Crippen LogP contribution is -1.99. The van der Waals surface area contributed by atoms with Crippen molar-refractivity contribution in [3.05, 3.63) is 42.7 Å². The summed E-state index contributed by atoms with van der Waals surface area (Å²) < 4.78 is 1.93. The van der Waals surface area contributed by atoms with E-state index in [0.717, 1.165) is 24.3 Å².